The van der Waals surface area contributed by atoms with Crippen molar-refractivity contribution in [1.29, 1.82) is 0 Å². The molecule has 8 nitrogen and oxygen atoms in total. The molecule has 1 heterocycles. The van der Waals surface area contributed by atoms with Crippen molar-refractivity contribution in [2.75, 3.05) is 25.1 Å². The van der Waals surface area contributed by atoms with Gasteiger partial charge in [0.1, 0.15) is 17.0 Å². The molecule has 28 heavy (non-hydrogen) atoms. The number of hydrogen-bond acceptors (Lipinski definition) is 6. The maximum absolute atomic E-state index is 13.0. The number of Topliss-reactive ketones (excluding diaryl/α,β-unsaturated/α-hetero) is 1. The standard InChI is InChI=1S/C20H26N2O6/c21-20(26)22-17-15-7-6-14(27-11-12(9-23)10-24)8-16(15)28-19(17)18(25)13-4-2-1-3-5-13/h6-8,12-13,23-24H,1-5,9-11H2,(H3,21,22,26). The number of aliphatic hydroxyl groups is 2. The van der Waals surface area contributed by atoms with Crippen molar-refractivity contribution < 1.29 is 29.0 Å². The molecule has 2 amide bonds. The Kier molecular flexibility index (Phi) is 6.53. The summed E-state index contributed by atoms with van der Waals surface area (Å²) < 4.78 is 11.4. The summed E-state index contributed by atoms with van der Waals surface area (Å²) in [7, 11) is 0. The van der Waals surface area contributed by atoms with Crippen LogP contribution in [0, 0.1) is 11.8 Å². The average molecular weight is 390 g/mol. The van der Waals surface area contributed by atoms with Crippen LogP contribution in [-0.2, 0) is 0 Å². The van der Waals surface area contributed by atoms with Gasteiger partial charge in [-0.15, -0.1) is 0 Å². The zero-order valence-corrected chi connectivity index (χ0v) is 15.6. The number of carbonyl (C=O) groups is 2. The lowest BCUT2D eigenvalue weighted by atomic mass is 9.85. The zero-order valence-electron chi connectivity index (χ0n) is 15.6. The molecule has 1 aromatic carbocycles. The van der Waals surface area contributed by atoms with Gasteiger partial charge in [-0.25, -0.2) is 4.79 Å². The molecular formula is C20H26N2O6. The molecule has 1 fully saturated rings. The summed E-state index contributed by atoms with van der Waals surface area (Å²) >= 11 is 0. The van der Waals surface area contributed by atoms with E-state index in [2.05, 4.69) is 5.32 Å². The summed E-state index contributed by atoms with van der Waals surface area (Å²) in [5.41, 5.74) is 5.97. The highest BCUT2D eigenvalue weighted by atomic mass is 16.5. The highest BCUT2D eigenvalue weighted by molar-refractivity contribution is 6.11. The molecule has 0 spiro atoms. The Morgan fingerprint density at radius 3 is 2.57 bits per heavy atom. The van der Waals surface area contributed by atoms with E-state index in [1.54, 1.807) is 18.2 Å². The number of aliphatic hydroxyl groups excluding tert-OH is 2. The van der Waals surface area contributed by atoms with Gasteiger partial charge in [0.15, 0.2) is 5.76 Å². The van der Waals surface area contributed by atoms with E-state index in [0.29, 0.717) is 16.7 Å². The van der Waals surface area contributed by atoms with Crippen molar-refractivity contribution in [3.8, 4) is 5.75 Å². The normalized spacial score (nSPS) is 15.1. The van der Waals surface area contributed by atoms with Gasteiger partial charge in [-0.1, -0.05) is 19.3 Å². The van der Waals surface area contributed by atoms with Crippen molar-refractivity contribution in [1.82, 2.24) is 0 Å². The van der Waals surface area contributed by atoms with E-state index in [-0.39, 0.29) is 48.9 Å². The first-order valence-corrected chi connectivity index (χ1v) is 9.55. The SMILES string of the molecule is NC(=O)Nc1c(C(=O)C2CCCCC2)oc2cc(OCC(CO)CO)ccc12. The van der Waals surface area contributed by atoms with Gasteiger partial charge in [-0.05, 0) is 25.0 Å². The minimum Gasteiger partial charge on any atom is -0.493 e. The summed E-state index contributed by atoms with van der Waals surface area (Å²) in [6.07, 6.45) is 4.75. The number of nitrogens with two attached hydrogens (primary N) is 1. The lowest BCUT2D eigenvalue weighted by Gasteiger charge is -2.19. The first kappa shape index (κ1) is 20.2. The van der Waals surface area contributed by atoms with Gasteiger partial charge in [0.05, 0.1) is 19.8 Å². The van der Waals surface area contributed by atoms with Crippen molar-refractivity contribution in [2.45, 2.75) is 32.1 Å². The smallest absolute Gasteiger partial charge is 0.316 e. The minimum absolute atomic E-state index is 0.112. The summed E-state index contributed by atoms with van der Waals surface area (Å²) in [5.74, 6) is -0.0456. The number of primary amides is 1. The fourth-order valence-corrected chi connectivity index (χ4v) is 3.51. The third-order valence-electron chi connectivity index (χ3n) is 5.11. The molecule has 0 bridgehead atoms. The molecular weight excluding hydrogens is 364 g/mol. The summed E-state index contributed by atoms with van der Waals surface area (Å²) in [6, 6.07) is 4.20. The number of nitrogens with one attached hydrogen (secondary N) is 1. The number of ketones is 1. The van der Waals surface area contributed by atoms with Gasteiger partial charge in [0.2, 0.25) is 5.78 Å². The van der Waals surface area contributed by atoms with Gasteiger partial charge < -0.3 is 30.4 Å². The summed E-state index contributed by atoms with van der Waals surface area (Å²) in [4.78, 5) is 24.4. The molecule has 0 saturated heterocycles. The highest BCUT2D eigenvalue weighted by Gasteiger charge is 2.29. The predicted octanol–water partition coefficient (Wildman–Crippen LogP) is 2.67. The zero-order chi connectivity index (χ0) is 20.1. The van der Waals surface area contributed by atoms with E-state index in [1.165, 1.54) is 0 Å². The van der Waals surface area contributed by atoms with E-state index in [1.807, 2.05) is 0 Å². The number of rotatable bonds is 8. The van der Waals surface area contributed by atoms with Crippen LogP contribution >= 0.6 is 0 Å². The first-order chi connectivity index (χ1) is 13.5. The number of carbonyl (C=O) groups excluding carboxylic acids is 2. The van der Waals surface area contributed by atoms with Crippen LogP contribution in [0.4, 0.5) is 10.5 Å². The van der Waals surface area contributed by atoms with Crippen molar-refractivity contribution >= 4 is 28.5 Å². The first-order valence-electron chi connectivity index (χ1n) is 9.55. The molecule has 1 aliphatic rings. The Hall–Kier alpha value is -2.58. The van der Waals surface area contributed by atoms with Crippen molar-refractivity contribution in [3.63, 3.8) is 0 Å². The van der Waals surface area contributed by atoms with Crippen LogP contribution in [0.2, 0.25) is 0 Å². The highest BCUT2D eigenvalue weighted by Crippen LogP contribution is 2.37. The van der Waals surface area contributed by atoms with Crippen LogP contribution in [0.1, 0.15) is 42.7 Å². The summed E-state index contributed by atoms with van der Waals surface area (Å²) in [6.45, 7) is -0.238. The number of fused-ring (bicyclic) bond motifs is 1. The maximum atomic E-state index is 13.0. The topological polar surface area (TPSA) is 135 Å². The molecule has 1 saturated carbocycles. The van der Waals surface area contributed by atoms with Gasteiger partial charge >= 0.3 is 6.03 Å². The number of hydrogen-bond donors (Lipinski definition) is 4. The largest absolute Gasteiger partial charge is 0.493 e. The second-order valence-electron chi connectivity index (χ2n) is 7.19. The minimum atomic E-state index is -0.769. The molecule has 0 radical (unpaired) electrons. The monoisotopic (exact) mass is 390 g/mol. The molecule has 0 aliphatic heterocycles. The molecule has 152 valence electrons. The van der Waals surface area contributed by atoms with Gasteiger partial charge in [0, 0.05) is 23.3 Å². The fraction of sp³-hybridized carbons (Fsp3) is 0.500. The fourth-order valence-electron chi connectivity index (χ4n) is 3.51. The average Bonchev–Trinajstić information content (AvgIpc) is 3.06. The van der Waals surface area contributed by atoms with Crippen LogP contribution in [0.25, 0.3) is 11.0 Å². The Bertz CT molecular complexity index is 837. The number of furan rings is 1. The number of anilines is 1. The van der Waals surface area contributed by atoms with Crippen molar-refractivity contribution in [3.05, 3.63) is 24.0 Å². The molecule has 5 N–H and O–H groups in total. The third-order valence-corrected chi connectivity index (χ3v) is 5.11. The van der Waals surface area contributed by atoms with E-state index in [4.69, 9.17) is 25.1 Å². The van der Waals surface area contributed by atoms with E-state index in [9.17, 15) is 9.59 Å². The van der Waals surface area contributed by atoms with Crippen LogP contribution < -0.4 is 15.8 Å². The quantitative estimate of drug-likeness (QED) is 0.512. The Labute approximate surface area is 162 Å². The molecule has 1 aliphatic carbocycles. The number of urea groups is 1. The van der Waals surface area contributed by atoms with Crippen LogP contribution in [-0.4, -0.2) is 41.8 Å². The van der Waals surface area contributed by atoms with E-state index < -0.39 is 6.03 Å². The molecule has 0 atom stereocenters. The van der Waals surface area contributed by atoms with Crippen LogP contribution in [0.15, 0.2) is 22.6 Å². The maximum Gasteiger partial charge on any atom is 0.316 e. The van der Waals surface area contributed by atoms with Gasteiger partial charge in [-0.2, -0.15) is 0 Å². The molecule has 0 unspecified atom stereocenters. The molecule has 1 aromatic heterocycles. The number of ether oxygens (including phenoxy) is 1. The molecule has 3 rings (SSSR count). The number of benzene rings is 1. The second kappa shape index (κ2) is 9.07. The Balaban J connectivity index is 1.91. The summed E-state index contributed by atoms with van der Waals surface area (Å²) in [5, 5.41) is 21.4. The Morgan fingerprint density at radius 1 is 1.21 bits per heavy atom. The Morgan fingerprint density at radius 2 is 1.93 bits per heavy atom. The van der Waals surface area contributed by atoms with Crippen molar-refractivity contribution in [2.24, 2.45) is 17.6 Å². The lowest BCUT2D eigenvalue weighted by molar-refractivity contribution is 0.0863. The van der Waals surface area contributed by atoms with Crippen LogP contribution in [0.5, 0.6) is 5.75 Å². The molecule has 8 heteroatoms. The second-order valence-corrected chi connectivity index (χ2v) is 7.19. The third kappa shape index (κ3) is 4.45. The molecule has 2 aromatic rings. The van der Waals surface area contributed by atoms with E-state index in [0.717, 1.165) is 32.1 Å². The lowest BCUT2D eigenvalue weighted by Crippen LogP contribution is -2.23. The number of amides is 2. The van der Waals surface area contributed by atoms with Gasteiger partial charge in [0.25, 0.3) is 0 Å². The van der Waals surface area contributed by atoms with E-state index >= 15 is 0 Å². The predicted molar refractivity (Wildman–Crippen MR) is 103 cm³/mol. The van der Waals surface area contributed by atoms with Gasteiger partial charge in [-0.3, -0.25) is 4.79 Å². The van der Waals surface area contributed by atoms with Crippen LogP contribution in [0.3, 0.4) is 0 Å².